The number of phenolic OH excluding ortho intramolecular Hbond substituents is 1. The molecule has 0 radical (unpaired) electrons. The van der Waals surface area contributed by atoms with Crippen LogP contribution in [-0.2, 0) is 0 Å². The van der Waals surface area contributed by atoms with Crippen LogP contribution in [0.4, 0.5) is 0 Å². The van der Waals surface area contributed by atoms with Gasteiger partial charge in [-0.15, -0.1) is 0 Å². The average Bonchev–Trinajstić information content (AvgIpc) is 2.32. The molecule has 2 rings (SSSR count). The van der Waals surface area contributed by atoms with Crippen molar-refractivity contribution in [3.8, 4) is 16.9 Å². The maximum Gasteiger partial charge on any atom is 0.144 e. The quantitative estimate of drug-likeness (QED) is 0.782. The fourth-order valence-electron chi connectivity index (χ4n) is 1.62. The van der Waals surface area contributed by atoms with Gasteiger partial charge in [-0.2, -0.15) is 0 Å². The fourth-order valence-corrected chi connectivity index (χ4v) is 2.74. The topological polar surface area (TPSA) is 20.2 Å². The van der Waals surface area contributed by atoms with E-state index in [1.54, 1.807) is 0 Å². The Morgan fingerprint density at radius 3 is 2.31 bits per heavy atom. The molecule has 0 unspecified atom stereocenters. The van der Waals surface area contributed by atoms with Crippen molar-refractivity contribution in [2.75, 3.05) is 0 Å². The second-order valence-corrected chi connectivity index (χ2v) is 5.21. The van der Waals surface area contributed by atoms with Gasteiger partial charge in [0.25, 0.3) is 0 Å². The van der Waals surface area contributed by atoms with E-state index < -0.39 is 0 Å². The number of halogens is 2. The SMILES string of the molecule is Cc1c(-c2ccccc2)cc(Br)c(O)c1Br. The summed E-state index contributed by atoms with van der Waals surface area (Å²) in [5, 5.41) is 9.76. The number of rotatable bonds is 1. The highest BCUT2D eigenvalue weighted by molar-refractivity contribution is 9.11. The van der Waals surface area contributed by atoms with Crippen molar-refractivity contribution in [3.05, 3.63) is 50.9 Å². The molecule has 2 aromatic carbocycles. The highest BCUT2D eigenvalue weighted by atomic mass is 79.9. The minimum atomic E-state index is 0.247. The fraction of sp³-hybridized carbons (Fsp3) is 0.0769. The minimum absolute atomic E-state index is 0.247. The molecular formula is C13H10Br2O. The smallest absolute Gasteiger partial charge is 0.144 e. The second-order valence-electron chi connectivity index (χ2n) is 3.56. The van der Waals surface area contributed by atoms with Crippen LogP contribution >= 0.6 is 31.9 Å². The Morgan fingerprint density at radius 1 is 1.06 bits per heavy atom. The summed E-state index contributed by atoms with van der Waals surface area (Å²) in [6.45, 7) is 1.98. The van der Waals surface area contributed by atoms with E-state index in [-0.39, 0.29) is 5.75 Å². The Bertz CT molecular complexity index is 521. The van der Waals surface area contributed by atoms with Crippen LogP contribution in [0, 0.1) is 6.92 Å². The molecule has 82 valence electrons. The van der Waals surface area contributed by atoms with Crippen LogP contribution in [-0.4, -0.2) is 5.11 Å². The zero-order valence-corrected chi connectivity index (χ0v) is 11.8. The zero-order valence-electron chi connectivity index (χ0n) is 8.67. The van der Waals surface area contributed by atoms with Crippen LogP contribution in [0.5, 0.6) is 5.75 Å². The average molecular weight is 342 g/mol. The predicted molar refractivity (Wildman–Crippen MR) is 73.7 cm³/mol. The molecule has 0 aromatic heterocycles. The summed E-state index contributed by atoms with van der Waals surface area (Å²) in [7, 11) is 0. The van der Waals surface area contributed by atoms with Gasteiger partial charge in [0.15, 0.2) is 0 Å². The Morgan fingerprint density at radius 2 is 1.69 bits per heavy atom. The van der Waals surface area contributed by atoms with E-state index in [2.05, 4.69) is 44.0 Å². The normalized spacial score (nSPS) is 10.4. The molecule has 0 aliphatic rings. The Balaban J connectivity index is 2.68. The molecule has 16 heavy (non-hydrogen) atoms. The molecule has 0 saturated carbocycles. The third kappa shape index (κ3) is 2.02. The molecule has 0 spiro atoms. The zero-order chi connectivity index (χ0) is 11.7. The second kappa shape index (κ2) is 4.60. The molecule has 0 fully saturated rings. The van der Waals surface area contributed by atoms with E-state index in [1.165, 1.54) is 0 Å². The number of aromatic hydroxyl groups is 1. The van der Waals surface area contributed by atoms with Crippen LogP contribution in [0.25, 0.3) is 11.1 Å². The Hall–Kier alpha value is -0.800. The molecular weight excluding hydrogens is 332 g/mol. The van der Waals surface area contributed by atoms with Gasteiger partial charge in [0.1, 0.15) is 5.75 Å². The van der Waals surface area contributed by atoms with Crippen LogP contribution in [0.3, 0.4) is 0 Å². The Kier molecular flexibility index (Phi) is 3.36. The van der Waals surface area contributed by atoms with Crippen LogP contribution in [0.1, 0.15) is 5.56 Å². The van der Waals surface area contributed by atoms with E-state index in [0.29, 0.717) is 4.47 Å². The van der Waals surface area contributed by atoms with E-state index in [1.807, 2.05) is 31.2 Å². The summed E-state index contributed by atoms with van der Waals surface area (Å²) >= 11 is 6.75. The van der Waals surface area contributed by atoms with Crippen molar-refractivity contribution in [1.82, 2.24) is 0 Å². The first-order valence-electron chi connectivity index (χ1n) is 4.84. The first kappa shape index (κ1) is 11.7. The summed E-state index contributed by atoms with van der Waals surface area (Å²) < 4.78 is 1.43. The lowest BCUT2D eigenvalue weighted by Crippen LogP contribution is -1.86. The molecule has 0 atom stereocenters. The molecule has 0 aliphatic heterocycles. The van der Waals surface area contributed by atoms with Crippen molar-refractivity contribution < 1.29 is 5.11 Å². The van der Waals surface area contributed by atoms with E-state index in [9.17, 15) is 5.11 Å². The number of phenols is 1. The summed E-state index contributed by atoms with van der Waals surface area (Å²) in [4.78, 5) is 0. The maximum atomic E-state index is 9.76. The van der Waals surface area contributed by atoms with Gasteiger partial charge in [0, 0.05) is 0 Å². The molecule has 2 aromatic rings. The van der Waals surface area contributed by atoms with E-state index >= 15 is 0 Å². The highest BCUT2D eigenvalue weighted by Crippen LogP contribution is 2.40. The molecule has 0 heterocycles. The molecule has 0 aliphatic carbocycles. The van der Waals surface area contributed by atoms with E-state index in [4.69, 9.17) is 0 Å². The van der Waals surface area contributed by atoms with E-state index in [0.717, 1.165) is 21.2 Å². The van der Waals surface area contributed by atoms with Gasteiger partial charge in [-0.3, -0.25) is 0 Å². The van der Waals surface area contributed by atoms with Crippen LogP contribution < -0.4 is 0 Å². The van der Waals surface area contributed by atoms with Crippen LogP contribution in [0.15, 0.2) is 45.3 Å². The molecule has 3 heteroatoms. The van der Waals surface area contributed by atoms with Crippen LogP contribution in [0.2, 0.25) is 0 Å². The maximum absolute atomic E-state index is 9.76. The third-order valence-electron chi connectivity index (χ3n) is 2.52. The van der Waals surface area contributed by atoms with Gasteiger partial charge >= 0.3 is 0 Å². The van der Waals surface area contributed by atoms with Crippen molar-refractivity contribution in [3.63, 3.8) is 0 Å². The number of hydrogen-bond donors (Lipinski definition) is 1. The summed E-state index contributed by atoms with van der Waals surface area (Å²) in [6.07, 6.45) is 0. The number of benzene rings is 2. The van der Waals surface area contributed by atoms with Crippen molar-refractivity contribution in [2.45, 2.75) is 6.92 Å². The molecule has 1 N–H and O–H groups in total. The highest BCUT2D eigenvalue weighted by Gasteiger charge is 2.12. The monoisotopic (exact) mass is 340 g/mol. The molecule has 0 amide bonds. The van der Waals surface area contributed by atoms with Crippen molar-refractivity contribution >= 4 is 31.9 Å². The van der Waals surface area contributed by atoms with Gasteiger partial charge in [-0.1, -0.05) is 30.3 Å². The Labute approximate surface area is 111 Å². The molecule has 0 saturated heterocycles. The lowest BCUT2D eigenvalue weighted by molar-refractivity contribution is 0.468. The number of hydrogen-bond acceptors (Lipinski definition) is 1. The predicted octanol–water partition coefficient (Wildman–Crippen LogP) is 4.89. The van der Waals surface area contributed by atoms with Crippen molar-refractivity contribution in [2.24, 2.45) is 0 Å². The third-order valence-corrected chi connectivity index (χ3v) is 4.10. The first-order valence-corrected chi connectivity index (χ1v) is 6.43. The lowest BCUT2D eigenvalue weighted by atomic mass is 10.0. The van der Waals surface area contributed by atoms with Crippen molar-refractivity contribution in [1.29, 1.82) is 0 Å². The summed E-state index contributed by atoms with van der Waals surface area (Å²) in [5.41, 5.74) is 3.28. The standard InChI is InChI=1S/C13H10Br2O/c1-8-10(9-5-3-2-4-6-9)7-11(14)13(16)12(8)15/h2-7,16H,1H3. The lowest BCUT2D eigenvalue weighted by Gasteiger charge is -2.11. The summed E-state index contributed by atoms with van der Waals surface area (Å²) in [6, 6.07) is 12.0. The molecule has 1 nitrogen and oxygen atoms in total. The van der Waals surface area contributed by atoms with Gasteiger partial charge < -0.3 is 5.11 Å². The molecule has 0 bridgehead atoms. The van der Waals surface area contributed by atoms with Gasteiger partial charge in [-0.05, 0) is 61.5 Å². The van der Waals surface area contributed by atoms with Gasteiger partial charge in [0.05, 0.1) is 8.95 Å². The summed E-state index contributed by atoms with van der Waals surface area (Å²) in [5.74, 6) is 0.247. The van der Waals surface area contributed by atoms with Gasteiger partial charge in [-0.25, -0.2) is 0 Å². The van der Waals surface area contributed by atoms with Gasteiger partial charge in [0.2, 0.25) is 0 Å². The largest absolute Gasteiger partial charge is 0.506 e. The minimum Gasteiger partial charge on any atom is -0.506 e. The first-order chi connectivity index (χ1) is 7.61.